The van der Waals surface area contributed by atoms with Crippen molar-refractivity contribution in [2.24, 2.45) is 0 Å². The number of ether oxygens (including phenoxy) is 1. The van der Waals surface area contributed by atoms with Crippen LogP contribution >= 0.6 is 11.6 Å². The number of alkyl halides is 1. The lowest BCUT2D eigenvalue weighted by molar-refractivity contribution is -0.143. The van der Waals surface area contributed by atoms with Gasteiger partial charge in [-0.1, -0.05) is 0 Å². The largest absolute Gasteiger partial charge is 0.466 e. The zero-order chi connectivity index (χ0) is 9.94. The van der Waals surface area contributed by atoms with Gasteiger partial charge in [0.2, 0.25) is 0 Å². The van der Waals surface area contributed by atoms with Gasteiger partial charge in [0, 0.05) is 18.9 Å². The third kappa shape index (κ3) is 9.64. The maximum atomic E-state index is 10.9. The first-order valence-corrected chi connectivity index (χ1v) is 5.17. The monoisotopic (exact) mass is 208 g/mol. The smallest absolute Gasteiger partial charge is 0.305 e. The van der Waals surface area contributed by atoms with Crippen molar-refractivity contribution < 1.29 is 14.6 Å². The van der Waals surface area contributed by atoms with Crippen LogP contribution in [0.2, 0.25) is 0 Å². The van der Waals surface area contributed by atoms with E-state index in [4.69, 9.17) is 21.4 Å². The predicted octanol–water partition coefficient (Wildman–Crippen LogP) is 1.71. The van der Waals surface area contributed by atoms with Gasteiger partial charge in [-0.25, -0.2) is 0 Å². The van der Waals surface area contributed by atoms with Gasteiger partial charge in [0.15, 0.2) is 0 Å². The molecule has 4 heteroatoms. The molecule has 0 unspecified atom stereocenters. The Morgan fingerprint density at radius 1 is 1.23 bits per heavy atom. The average molecular weight is 209 g/mol. The minimum atomic E-state index is -0.178. The SMILES string of the molecule is O=C(CCCCO)OCCCCCl. The molecule has 3 nitrogen and oxygen atoms in total. The molecule has 0 aromatic heterocycles. The summed E-state index contributed by atoms with van der Waals surface area (Å²) in [6, 6.07) is 0. The second-order valence-corrected chi connectivity index (χ2v) is 3.18. The highest BCUT2D eigenvalue weighted by atomic mass is 35.5. The van der Waals surface area contributed by atoms with Gasteiger partial charge >= 0.3 is 5.97 Å². The van der Waals surface area contributed by atoms with Crippen molar-refractivity contribution in [2.75, 3.05) is 19.1 Å². The Hall–Kier alpha value is -0.280. The van der Waals surface area contributed by atoms with Crippen LogP contribution in [-0.2, 0) is 9.53 Å². The van der Waals surface area contributed by atoms with Gasteiger partial charge in [-0.15, -0.1) is 11.6 Å². The molecule has 78 valence electrons. The number of carbonyl (C=O) groups is 1. The summed E-state index contributed by atoms with van der Waals surface area (Å²) in [5, 5.41) is 8.46. The summed E-state index contributed by atoms with van der Waals surface area (Å²) in [4.78, 5) is 10.9. The second kappa shape index (κ2) is 9.81. The summed E-state index contributed by atoms with van der Waals surface area (Å²) in [7, 11) is 0. The second-order valence-electron chi connectivity index (χ2n) is 2.80. The fraction of sp³-hybridized carbons (Fsp3) is 0.889. The molecule has 0 aliphatic carbocycles. The van der Waals surface area contributed by atoms with Crippen molar-refractivity contribution >= 4 is 17.6 Å². The fourth-order valence-electron chi connectivity index (χ4n) is 0.836. The van der Waals surface area contributed by atoms with Gasteiger partial charge in [0.25, 0.3) is 0 Å². The average Bonchev–Trinajstić information content (AvgIpc) is 2.13. The summed E-state index contributed by atoms with van der Waals surface area (Å²) in [5.74, 6) is 0.435. The number of halogens is 1. The van der Waals surface area contributed by atoms with Crippen LogP contribution in [0.1, 0.15) is 32.1 Å². The van der Waals surface area contributed by atoms with Crippen molar-refractivity contribution in [2.45, 2.75) is 32.1 Å². The molecule has 0 saturated heterocycles. The molecule has 0 saturated carbocycles. The van der Waals surface area contributed by atoms with Crippen LogP contribution in [0.5, 0.6) is 0 Å². The molecule has 0 aliphatic rings. The van der Waals surface area contributed by atoms with E-state index in [-0.39, 0.29) is 12.6 Å². The van der Waals surface area contributed by atoms with Crippen LogP contribution in [0, 0.1) is 0 Å². The van der Waals surface area contributed by atoms with Crippen LogP contribution < -0.4 is 0 Å². The van der Waals surface area contributed by atoms with Crippen molar-refractivity contribution in [3.05, 3.63) is 0 Å². The van der Waals surface area contributed by atoms with Gasteiger partial charge < -0.3 is 9.84 Å². The number of esters is 1. The maximum Gasteiger partial charge on any atom is 0.305 e. The van der Waals surface area contributed by atoms with Crippen LogP contribution in [-0.4, -0.2) is 30.2 Å². The maximum absolute atomic E-state index is 10.9. The van der Waals surface area contributed by atoms with Gasteiger partial charge in [-0.3, -0.25) is 4.79 Å². The highest BCUT2D eigenvalue weighted by Gasteiger charge is 2.01. The lowest BCUT2D eigenvalue weighted by Gasteiger charge is -2.02. The topological polar surface area (TPSA) is 46.5 Å². The zero-order valence-electron chi connectivity index (χ0n) is 7.80. The van der Waals surface area contributed by atoms with Crippen molar-refractivity contribution in [1.82, 2.24) is 0 Å². The molecule has 0 aliphatic heterocycles. The number of aliphatic hydroxyl groups excluding tert-OH is 1. The molecule has 0 atom stereocenters. The first kappa shape index (κ1) is 12.7. The summed E-state index contributed by atoms with van der Waals surface area (Å²) >= 11 is 5.45. The Balaban J connectivity index is 3.11. The summed E-state index contributed by atoms with van der Waals surface area (Å²) < 4.78 is 4.91. The highest BCUT2D eigenvalue weighted by Crippen LogP contribution is 1.99. The van der Waals surface area contributed by atoms with E-state index in [0.29, 0.717) is 31.7 Å². The Morgan fingerprint density at radius 2 is 2.00 bits per heavy atom. The third-order valence-electron chi connectivity index (χ3n) is 1.58. The normalized spacial score (nSPS) is 10.0. The molecule has 0 rings (SSSR count). The lowest BCUT2D eigenvalue weighted by Crippen LogP contribution is -2.06. The minimum Gasteiger partial charge on any atom is -0.466 e. The molecule has 0 spiro atoms. The standard InChI is InChI=1S/C9H17ClO3/c10-6-2-4-8-13-9(12)5-1-3-7-11/h11H,1-8H2. The third-order valence-corrected chi connectivity index (χ3v) is 1.85. The van der Waals surface area contributed by atoms with Gasteiger partial charge in [-0.05, 0) is 25.7 Å². The first-order chi connectivity index (χ1) is 6.31. The van der Waals surface area contributed by atoms with Gasteiger partial charge in [0.1, 0.15) is 0 Å². The van der Waals surface area contributed by atoms with E-state index in [1.807, 2.05) is 0 Å². The molecule has 13 heavy (non-hydrogen) atoms. The zero-order valence-corrected chi connectivity index (χ0v) is 8.55. The number of unbranched alkanes of at least 4 members (excludes halogenated alkanes) is 2. The van der Waals surface area contributed by atoms with E-state index in [9.17, 15) is 4.79 Å². The van der Waals surface area contributed by atoms with Crippen molar-refractivity contribution in [3.8, 4) is 0 Å². The number of aliphatic hydroxyl groups is 1. The van der Waals surface area contributed by atoms with E-state index < -0.39 is 0 Å². The van der Waals surface area contributed by atoms with E-state index >= 15 is 0 Å². The van der Waals surface area contributed by atoms with E-state index in [1.54, 1.807) is 0 Å². The number of hydrogen-bond donors (Lipinski definition) is 1. The molecule has 0 amide bonds. The molecule has 0 aromatic carbocycles. The fourth-order valence-corrected chi connectivity index (χ4v) is 1.02. The number of hydrogen-bond acceptors (Lipinski definition) is 3. The Kier molecular flexibility index (Phi) is 9.59. The lowest BCUT2D eigenvalue weighted by atomic mass is 10.2. The minimum absolute atomic E-state index is 0.138. The molecule has 0 heterocycles. The van der Waals surface area contributed by atoms with Crippen LogP contribution in [0.25, 0.3) is 0 Å². The number of carbonyl (C=O) groups excluding carboxylic acids is 1. The molecule has 1 N–H and O–H groups in total. The quantitative estimate of drug-likeness (QED) is 0.375. The summed E-state index contributed by atoms with van der Waals surface area (Å²) in [5.41, 5.74) is 0. The van der Waals surface area contributed by atoms with Crippen molar-refractivity contribution in [1.29, 1.82) is 0 Å². The molecular formula is C9H17ClO3. The Morgan fingerprint density at radius 3 is 2.62 bits per heavy atom. The Labute approximate surface area is 84.0 Å². The van der Waals surface area contributed by atoms with Crippen LogP contribution in [0.15, 0.2) is 0 Å². The van der Waals surface area contributed by atoms with Gasteiger partial charge in [0.05, 0.1) is 6.61 Å². The molecule has 0 fully saturated rings. The summed E-state index contributed by atoms with van der Waals surface area (Å²) in [6.07, 6.45) is 3.48. The van der Waals surface area contributed by atoms with E-state index in [1.165, 1.54) is 0 Å². The first-order valence-electron chi connectivity index (χ1n) is 4.63. The van der Waals surface area contributed by atoms with E-state index in [2.05, 4.69) is 0 Å². The summed E-state index contributed by atoms with van der Waals surface area (Å²) in [6.45, 7) is 0.601. The Bertz CT molecular complexity index is 128. The molecule has 0 aromatic rings. The van der Waals surface area contributed by atoms with Crippen molar-refractivity contribution in [3.63, 3.8) is 0 Å². The number of rotatable bonds is 8. The predicted molar refractivity (Wildman–Crippen MR) is 51.8 cm³/mol. The highest BCUT2D eigenvalue weighted by molar-refractivity contribution is 6.17. The molecule has 0 bridgehead atoms. The van der Waals surface area contributed by atoms with Gasteiger partial charge in [-0.2, -0.15) is 0 Å². The van der Waals surface area contributed by atoms with E-state index in [0.717, 1.165) is 12.8 Å². The molecular weight excluding hydrogens is 192 g/mol. The molecule has 0 radical (unpaired) electrons. The van der Waals surface area contributed by atoms with Crippen LogP contribution in [0.4, 0.5) is 0 Å². The van der Waals surface area contributed by atoms with Crippen LogP contribution in [0.3, 0.4) is 0 Å².